The minimum atomic E-state index is -3.84. The predicted octanol–water partition coefficient (Wildman–Crippen LogP) is 3.42. The third kappa shape index (κ3) is 4.11. The molecule has 0 unspecified atom stereocenters. The highest BCUT2D eigenvalue weighted by molar-refractivity contribution is 9.10. The van der Waals surface area contributed by atoms with E-state index in [-0.39, 0.29) is 15.5 Å². The molecule has 0 atom stereocenters. The first kappa shape index (κ1) is 19.3. The van der Waals surface area contributed by atoms with Crippen LogP contribution in [0.1, 0.15) is 19.3 Å². The van der Waals surface area contributed by atoms with Crippen molar-refractivity contribution >= 4 is 41.7 Å². The summed E-state index contributed by atoms with van der Waals surface area (Å²) in [6, 6.07) is 12.4. The Hall–Kier alpha value is -1.42. The van der Waals surface area contributed by atoms with Crippen molar-refractivity contribution in [3.63, 3.8) is 0 Å². The van der Waals surface area contributed by atoms with Crippen LogP contribution >= 0.6 is 15.9 Å². The van der Waals surface area contributed by atoms with E-state index in [4.69, 9.17) is 0 Å². The summed E-state index contributed by atoms with van der Waals surface area (Å²) in [7, 11) is -7.46. The average Bonchev–Trinajstić information content (AvgIpc) is 2.62. The zero-order valence-electron chi connectivity index (χ0n) is 13.9. The summed E-state index contributed by atoms with van der Waals surface area (Å²) in [5.41, 5.74) is 0.207. The largest absolute Gasteiger partial charge is 0.280 e. The number of piperidine rings is 1. The number of nitrogens with zero attached hydrogens (tertiary/aromatic N) is 1. The highest BCUT2D eigenvalue weighted by Gasteiger charge is 2.26. The van der Waals surface area contributed by atoms with Gasteiger partial charge in [-0.3, -0.25) is 4.72 Å². The van der Waals surface area contributed by atoms with Crippen molar-refractivity contribution in [2.24, 2.45) is 0 Å². The van der Waals surface area contributed by atoms with E-state index < -0.39 is 20.0 Å². The fourth-order valence-electron chi connectivity index (χ4n) is 2.85. The van der Waals surface area contributed by atoms with Gasteiger partial charge in [0.1, 0.15) is 4.90 Å². The van der Waals surface area contributed by atoms with Gasteiger partial charge in [0.05, 0.1) is 10.6 Å². The van der Waals surface area contributed by atoms with Crippen molar-refractivity contribution in [2.75, 3.05) is 17.8 Å². The summed E-state index contributed by atoms with van der Waals surface area (Å²) >= 11 is 3.22. The van der Waals surface area contributed by atoms with Gasteiger partial charge in [-0.05, 0) is 59.1 Å². The highest BCUT2D eigenvalue weighted by atomic mass is 79.9. The maximum atomic E-state index is 12.8. The first-order valence-electron chi connectivity index (χ1n) is 8.18. The normalized spacial score (nSPS) is 16.3. The molecule has 26 heavy (non-hydrogen) atoms. The van der Waals surface area contributed by atoms with Gasteiger partial charge in [-0.1, -0.05) is 24.6 Å². The SMILES string of the molecule is O=S(=O)(Nc1cccc(S(=O)(=O)N2CCCCC2)c1)c1ccccc1Br. The number of rotatable bonds is 5. The number of halogens is 1. The van der Waals surface area contributed by atoms with Gasteiger partial charge in [-0.2, -0.15) is 4.31 Å². The van der Waals surface area contributed by atoms with Gasteiger partial charge >= 0.3 is 0 Å². The number of anilines is 1. The molecule has 0 amide bonds. The first-order valence-corrected chi connectivity index (χ1v) is 11.9. The Morgan fingerprint density at radius 1 is 0.885 bits per heavy atom. The third-order valence-corrected chi connectivity index (χ3v) is 8.45. The third-order valence-electron chi connectivity index (χ3n) is 4.17. The van der Waals surface area contributed by atoms with E-state index in [1.807, 2.05) is 0 Å². The molecule has 3 rings (SSSR count). The number of sulfonamides is 2. The fraction of sp³-hybridized carbons (Fsp3) is 0.294. The molecule has 0 aromatic heterocycles. The molecule has 9 heteroatoms. The Morgan fingerprint density at radius 2 is 1.58 bits per heavy atom. The van der Waals surface area contributed by atoms with Gasteiger partial charge < -0.3 is 0 Å². The molecular formula is C17H19BrN2O4S2. The molecule has 0 spiro atoms. The zero-order valence-corrected chi connectivity index (χ0v) is 17.1. The van der Waals surface area contributed by atoms with Crippen LogP contribution in [-0.2, 0) is 20.0 Å². The van der Waals surface area contributed by atoms with Crippen LogP contribution in [0.5, 0.6) is 0 Å². The average molecular weight is 459 g/mol. The summed E-state index contributed by atoms with van der Waals surface area (Å²) in [6.07, 6.45) is 2.71. The lowest BCUT2D eigenvalue weighted by Crippen LogP contribution is -2.35. The van der Waals surface area contributed by atoms with E-state index in [1.165, 1.54) is 34.6 Å². The van der Waals surface area contributed by atoms with Crippen LogP contribution in [0.4, 0.5) is 5.69 Å². The van der Waals surface area contributed by atoms with Gasteiger partial charge in [0.25, 0.3) is 10.0 Å². The lowest BCUT2D eigenvalue weighted by molar-refractivity contribution is 0.346. The molecule has 2 aromatic carbocycles. The second-order valence-electron chi connectivity index (χ2n) is 6.03. The molecule has 6 nitrogen and oxygen atoms in total. The van der Waals surface area contributed by atoms with E-state index in [9.17, 15) is 16.8 Å². The van der Waals surface area contributed by atoms with E-state index in [1.54, 1.807) is 18.2 Å². The molecule has 2 aromatic rings. The summed E-state index contributed by atoms with van der Waals surface area (Å²) < 4.78 is 55.1. The Morgan fingerprint density at radius 3 is 2.27 bits per heavy atom. The molecule has 1 fully saturated rings. The molecule has 0 aliphatic carbocycles. The molecule has 0 bridgehead atoms. The highest BCUT2D eigenvalue weighted by Crippen LogP contribution is 2.26. The van der Waals surface area contributed by atoms with Crippen LogP contribution in [0.15, 0.2) is 62.8 Å². The number of hydrogen-bond donors (Lipinski definition) is 1. The molecular weight excluding hydrogens is 440 g/mol. The molecule has 0 saturated carbocycles. The Kier molecular flexibility index (Phi) is 5.71. The van der Waals surface area contributed by atoms with Crippen molar-refractivity contribution in [1.82, 2.24) is 4.31 Å². The van der Waals surface area contributed by atoms with Crippen LogP contribution in [-0.4, -0.2) is 34.2 Å². The fourth-order valence-corrected chi connectivity index (χ4v) is 6.46. The van der Waals surface area contributed by atoms with Crippen LogP contribution in [0.3, 0.4) is 0 Å². The van der Waals surface area contributed by atoms with Gasteiger partial charge in [0.15, 0.2) is 0 Å². The maximum absolute atomic E-state index is 12.8. The monoisotopic (exact) mass is 458 g/mol. The molecule has 1 heterocycles. The maximum Gasteiger partial charge on any atom is 0.263 e. The van der Waals surface area contributed by atoms with Crippen molar-refractivity contribution in [1.29, 1.82) is 0 Å². The van der Waals surface area contributed by atoms with Crippen LogP contribution in [0.2, 0.25) is 0 Å². The van der Waals surface area contributed by atoms with Crippen molar-refractivity contribution in [3.05, 3.63) is 53.0 Å². The Labute approximate surface area is 162 Å². The molecule has 1 N–H and O–H groups in total. The molecule has 140 valence electrons. The van der Waals surface area contributed by atoms with Crippen LogP contribution in [0.25, 0.3) is 0 Å². The first-order chi connectivity index (χ1) is 12.3. The summed E-state index contributed by atoms with van der Waals surface area (Å²) in [4.78, 5) is 0.177. The minimum absolute atomic E-state index is 0.0873. The Balaban J connectivity index is 1.89. The topological polar surface area (TPSA) is 83.5 Å². The van der Waals surface area contributed by atoms with Gasteiger partial charge in [0.2, 0.25) is 10.0 Å². The molecule has 1 aliphatic heterocycles. The smallest absolute Gasteiger partial charge is 0.263 e. The zero-order chi connectivity index (χ0) is 18.8. The summed E-state index contributed by atoms with van der Waals surface area (Å²) in [6.45, 7) is 0.991. The number of nitrogens with one attached hydrogen (secondary N) is 1. The van der Waals surface area contributed by atoms with Crippen LogP contribution in [0, 0.1) is 0 Å². The minimum Gasteiger partial charge on any atom is -0.280 e. The van der Waals surface area contributed by atoms with Crippen molar-refractivity contribution < 1.29 is 16.8 Å². The predicted molar refractivity (Wildman–Crippen MR) is 104 cm³/mol. The van der Waals surface area contributed by atoms with Crippen molar-refractivity contribution in [3.8, 4) is 0 Å². The quantitative estimate of drug-likeness (QED) is 0.743. The number of benzene rings is 2. The summed E-state index contributed by atoms with van der Waals surface area (Å²) in [5.74, 6) is 0. The van der Waals surface area contributed by atoms with E-state index in [0.717, 1.165) is 19.3 Å². The molecule has 1 aliphatic rings. The van der Waals surface area contributed by atoms with Gasteiger partial charge in [-0.25, -0.2) is 16.8 Å². The lowest BCUT2D eigenvalue weighted by atomic mass is 10.2. The van der Waals surface area contributed by atoms with Gasteiger partial charge in [0, 0.05) is 17.6 Å². The standard InChI is InChI=1S/C17H19BrN2O4S2/c18-16-9-2-3-10-17(16)25(21,22)19-14-7-6-8-15(13-14)26(23,24)20-11-4-1-5-12-20/h2-3,6-10,13,19H,1,4-5,11-12H2. The van der Waals surface area contributed by atoms with Gasteiger partial charge in [-0.15, -0.1) is 0 Å². The molecule has 0 radical (unpaired) electrons. The van der Waals surface area contributed by atoms with Crippen LogP contribution < -0.4 is 4.72 Å². The lowest BCUT2D eigenvalue weighted by Gasteiger charge is -2.26. The molecule has 1 saturated heterocycles. The summed E-state index contributed by atoms with van der Waals surface area (Å²) in [5, 5.41) is 0. The van der Waals surface area contributed by atoms with E-state index >= 15 is 0 Å². The Bertz CT molecular complexity index is 1000. The second kappa shape index (κ2) is 7.67. The van der Waals surface area contributed by atoms with E-state index in [2.05, 4.69) is 20.7 Å². The van der Waals surface area contributed by atoms with E-state index in [0.29, 0.717) is 17.6 Å². The number of hydrogen-bond acceptors (Lipinski definition) is 4. The second-order valence-corrected chi connectivity index (χ2v) is 10.5. The van der Waals surface area contributed by atoms with Crippen molar-refractivity contribution in [2.45, 2.75) is 29.1 Å².